The second kappa shape index (κ2) is 7.12. The summed E-state index contributed by atoms with van der Waals surface area (Å²) in [5.74, 6) is 0. The van der Waals surface area contributed by atoms with Gasteiger partial charge in [0.2, 0.25) is 0 Å². The molecule has 0 spiro atoms. The van der Waals surface area contributed by atoms with Crippen LogP contribution in [0.15, 0.2) is 131 Å². The molecule has 0 saturated carbocycles. The number of benzene rings is 7. The molecule has 7 aromatic rings. The van der Waals surface area contributed by atoms with Gasteiger partial charge in [-0.3, -0.25) is 0 Å². The summed E-state index contributed by atoms with van der Waals surface area (Å²) in [4.78, 5) is 2.09. The van der Waals surface area contributed by atoms with Crippen molar-refractivity contribution in [2.24, 2.45) is 0 Å². The van der Waals surface area contributed by atoms with Crippen molar-refractivity contribution in [3.8, 4) is 44.5 Å². The second-order valence-electron chi connectivity index (χ2n) is 9.22. The highest BCUT2D eigenvalue weighted by Gasteiger charge is 2.27. The van der Waals surface area contributed by atoms with Crippen LogP contribution in [0.5, 0.6) is 0 Å². The lowest BCUT2D eigenvalue weighted by atomic mass is 9.87. The summed E-state index contributed by atoms with van der Waals surface area (Å²) in [6.45, 7) is 0. The Hall–Kier alpha value is -4.33. The predicted octanol–water partition coefficient (Wildman–Crippen LogP) is 10.6. The van der Waals surface area contributed by atoms with Gasteiger partial charge in [-0.15, -0.1) is 0 Å². The zero-order chi connectivity index (χ0) is 33.7. The topological polar surface area (TPSA) is 0 Å². The summed E-state index contributed by atoms with van der Waals surface area (Å²) >= 11 is 1.62. The van der Waals surface area contributed by atoms with E-state index in [0.717, 1.165) is 31.7 Å². The van der Waals surface area contributed by atoms with Crippen LogP contribution in [0.3, 0.4) is 0 Å². The predicted molar refractivity (Wildman–Crippen MR) is 158 cm³/mol. The SMILES string of the molecule is [2H]c1c([2H])c([2H])c2c(-c3ccc4c(c3)-c3cccc5cccc(c35)S4)c3c(c([2H])c2c1[2H])-c1c([2H])c([2H])c([2H])c2c([2H])c([2H])c([2H])c-3c12. The van der Waals surface area contributed by atoms with Gasteiger partial charge in [-0.1, -0.05) is 109 Å². The molecule has 0 atom stereocenters. The van der Waals surface area contributed by atoms with Crippen molar-refractivity contribution in [2.45, 2.75) is 9.79 Å². The first kappa shape index (κ1) is 12.3. The summed E-state index contributed by atoms with van der Waals surface area (Å²) in [5.41, 5.74) is 3.25. The minimum atomic E-state index is -0.519. The molecule has 7 aromatic carbocycles. The highest BCUT2D eigenvalue weighted by atomic mass is 32.2. The zero-order valence-electron chi connectivity index (χ0n) is 30.1. The lowest BCUT2D eigenvalue weighted by Gasteiger charge is -2.22. The van der Waals surface area contributed by atoms with Crippen LogP contribution in [0, 0.1) is 0 Å². The molecule has 0 saturated heterocycles. The quantitative estimate of drug-likeness (QED) is 0.218. The fourth-order valence-electron chi connectivity index (χ4n) is 5.82. The molecule has 0 radical (unpaired) electrons. The molecular formula is C36H20S. The van der Waals surface area contributed by atoms with E-state index in [2.05, 4.69) is 6.07 Å². The third-order valence-corrected chi connectivity index (χ3v) is 8.47. The molecule has 0 N–H and O–H groups in total. The fourth-order valence-corrected chi connectivity index (χ4v) is 6.95. The molecule has 1 heteroatoms. The molecule has 0 nitrogen and oxygen atoms in total. The van der Waals surface area contributed by atoms with Crippen molar-refractivity contribution in [3.05, 3.63) is 121 Å². The van der Waals surface area contributed by atoms with Gasteiger partial charge in [0.15, 0.2) is 0 Å². The van der Waals surface area contributed by atoms with Crippen molar-refractivity contribution in [3.63, 3.8) is 0 Å². The Labute approximate surface area is 234 Å². The molecule has 0 aromatic heterocycles. The Morgan fingerprint density at radius 2 is 1.32 bits per heavy atom. The summed E-state index contributed by atoms with van der Waals surface area (Å²) in [6.07, 6.45) is 0. The Bertz CT molecular complexity index is 2700. The zero-order valence-corrected chi connectivity index (χ0v) is 19.9. The van der Waals surface area contributed by atoms with E-state index in [1.807, 2.05) is 48.5 Å². The lowest BCUT2D eigenvalue weighted by molar-refractivity contribution is 1.40. The Morgan fingerprint density at radius 1 is 0.514 bits per heavy atom. The number of rotatable bonds is 1. The average molecular weight is 496 g/mol. The molecule has 0 unspecified atom stereocenters. The molecule has 37 heavy (non-hydrogen) atoms. The van der Waals surface area contributed by atoms with E-state index in [-0.39, 0.29) is 68.0 Å². The molecule has 0 amide bonds. The Balaban J connectivity index is 1.52. The van der Waals surface area contributed by atoms with Gasteiger partial charge in [0, 0.05) is 15.2 Å². The van der Waals surface area contributed by atoms with Crippen LogP contribution in [0.1, 0.15) is 15.1 Å². The highest BCUT2D eigenvalue weighted by molar-refractivity contribution is 7.99. The minimum absolute atomic E-state index is 0.0609. The van der Waals surface area contributed by atoms with E-state index < -0.39 is 42.3 Å². The third-order valence-electron chi connectivity index (χ3n) is 7.33. The maximum atomic E-state index is 9.43. The van der Waals surface area contributed by atoms with E-state index in [1.165, 1.54) is 0 Å². The molecule has 1 aliphatic carbocycles. The van der Waals surface area contributed by atoms with Gasteiger partial charge in [0.25, 0.3) is 0 Å². The number of fused-ring (bicyclic) bond motifs is 6. The smallest absolute Gasteiger partial charge is 0.0636 e. The molecule has 0 fully saturated rings. The van der Waals surface area contributed by atoms with Crippen LogP contribution in [0.25, 0.3) is 76.8 Å². The molecular weight excluding hydrogens is 464 g/mol. The first-order valence-corrected chi connectivity index (χ1v) is 12.7. The molecule has 1 heterocycles. The van der Waals surface area contributed by atoms with Crippen molar-refractivity contribution in [1.82, 2.24) is 0 Å². The van der Waals surface area contributed by atoms with Gasteiger partial charge in [-0.2, -0.15) is 0 Å². The molecule has 1 aliphatic heterocycles. The Kier molecular flexibility index (Phi) is 2.36. The molecule has 9 rings (SSSR count). The summed E-state index contributed by atoms with van der Waals surface area (Å²) in [7, 11) is 0. The van der Waals surface area contributed by atoms with E-state index >= 15 is 0 Å². The van der Waals surface area contributed by atoms with E-state index in [4.69, 9.17) is 13.7 Å². The van der Waals surface area contributed by atoms with Crippen LogP contribution in [0.2, 0.25) is 0 Å². The first-order valence-electron chi connectivity index (χ1n) is 17.4. The number of hydrogen-bond acceptors (Lipinski definition) is 1. The monoisotopic (exact) mass is 495 g/mol. The summed E-state index contributed by atoms with van der Waals surface area (Å²) < 4.78 is 97.3. The third kappa shape index (κ3) is 2.59. The van der Waals surface area contributed by atoms with Crippen LogP contribution in [-0.4, -0.2) is 0 Å². The van der Waals surface area contributed by atoms with Crippen LogP contribution in [-0.2, 0) is 0 Å². The van der Waals surface area contributed by atoms with Crippen LogP contribution >= 0.6 is 11.8 Å². The molecule has 170 valence electrons. The van der Waals surface area contributed by atoms with Crippen molar-refractivity contribution >= 4 is 44.1 Å². The van der Waals surface area contributed by atoms with Gasteiger partial charge in [0.1, 0.15) is 0 Å². The molecule has 2 aliphatic rings. The maximum absolute atomic E-state index is 9.43. The standard InChI is InChI=1S/C36H20S/c1-2-12-25-23(7-1)19-30-27-14-3-8-21-9-5-15-28(33(21)27)36(30)35(25)24-17-18-31-29(20-24)26-13-4-10-22-11-6-16-32(37-31)34(22)26/h1-20H/i1D,2D,3D,5D,7D,8D,9D,12D,14D,15D,19D. The summed E-state index contributed by atoms with van der Waals surface area (Å²) in [5, 5.41) is 2.23. The van der Waals surface area contributed by atoms with E-state index in [0.29, 0.717) is 11.1 Å². The average Bonchev–Trinajstić information content (AvgIpc) is 3.44. The van der Waals surface area contributed by atoms with Gasteiger partial charge in [-0.05, 0) is 95.7 Å². The second-order valence-corrected chi connectivity index (χ2v) is 10.3. The summed E-state index contributed by atoms with van der Waals surface area (Å²) in [6, 6.07) is 13.3. The lowest BCUT2D eigenvalue weighted by Crippen LogP contribution is -1.94. The van der Waals surface area contributed by atoms with Gasteiger partial charge < -0.3 is 0 Å². The molecule has 0 bridgehead atoms. The van der Waals surface area contributed by atoms with E-state index in [9.17, 15) is 1.37 Å². The van der Waals surface area contributed by atoms with Gasteiger partial charge in [0.05, 0.1) is 15.1 Å². The van der Waals surface area contributed by atoms with Crippen molar-refractivity contribution in [2.75, 3.05) is 0 Å². The Morgan fingerprint density at radius 3 is 2.24 bits per heavy atom. The van der Waals surface area contributed by atoms with Gasteiger partial charge >= 0.3 is 0 Å². The normalized spacial score (nSPS) is 16.9. The highest BCUT2D eigenvalue weighted by Crippen LogP contribution is 2.55. The van der Waals surface area contributed by atoms with Crippen molar-refractivity contribution < 1.29 is 15.1 Å². The van der Waals surface area contributed by atoms with Gasteiger partial charge in [-0.25, -0.2) is 0 Å². The minimum Gasteiger partial charge on any atom is -0.0888 e. The van der Waals surface area contributed by atoms with E-state index in [1.54, 1.807) is 11.8 Å². The largest absolute Gasteiger partial charge is 0.0888 e. The fraction of sp³-hybridized carbons (Fsp3) is 0. The first-order chi connectivity index (χ1) is 22.9. The van der Waals surface area contributed by atoms with Crippen molar-refractivity contribution in [1.29, 1.82) is 0 Å². The van der Waals surface area contributed by atoms with Crippen LogP contribution < -0.4 is 0 Å². The maximum Gasteiger partial charge on any atom is 0.0636 e. The van der Waals surface area contributed by atoms with Crippen LogP contribution in [0.4, 0.5) is 0 Å². The number of hydrogen-bond donors (Lipinski definition) is 0.